The number of anilines is 1. The number of halogens is 4. The number of carbonyl (C=O) groups excluding carboxylic acids is 3. The number of hydrogen-bond donors (Lipinski definition) is 2. The van der Waals surface area contributed by atoms with Crippen LogP contribution in [0.1, 0.15) is 42.4 Å². The molecule has 0 spiro atoms. The van der Waals surface area contributed by atoms with Crippen molar-refractivity contribution in [3.05, 3.63) is 63.6 Å². The van der Waals surface area contributed by atoms with Crippen LogP contribution in [0, 0.1) is 0 Å². The monoisotopic (exact) mass is 734 g/mol. The van der Waals surface area contributed by atoms with Gasteiger partial charge in [-0.1, -0.05) is 40.2 Å². The second-order valence-electron chi connectivity index (χ2n) is 13.0. The van der Waals surface area contributed by atoms with Gasteiger partial charge in [0, 0.05) is 74.5 Å². The van der Waals surface area contributed by atoms with E-state index < -0.39 is 23.9 Å². The molecule has 2 aromatic rings. The molecule has 260 valence electrons. The number of piperazine rings is 1. The van der Waals surface area contributed by atoms with E-state index in [1.165, 1.54) is 12.1 Å². The molecule has 6 rings (SSSR count). The Hall–Kier alpha value is -3.36. The first-order valence-corrected chi connectivity index (χ1v) is 17.6. The molecule has 0 aromatic heterocycles. The molecule has 48 heavy (non-hydrogen) atoms. The average Bonchev–Trinajstić information content (AvgIpc) is 3.25. The average molecular weight is 736 g/mol. The summed E-state index contributed by atoms with van der Waals surface area (Å²) >= 11 is 3.03. The van der Waals surface area contributed by atoms with Crippen LogP contribution in [0.2, 0.25) is 0 Å². The van der Waals surface area contributed by atoms with Gasteiger partial charge in [-0.2, -0.15) is 13.2 Å². The van der Waals surface area contributed by atoms with Gasteiger partial charge in [-0.15, -0.1) is 0 Å². The van der Waals surface area contributed by atoms with Gasteiger partial charge in [0.1, 0.15) is 0 Å². The Labute approximate surface area is 287 Å². The van der Waals surface area contributed by atoms with E-state index in [1.807, 2.05) is 29.2 Å². The van der Waals surface area contributed by atoms with Crippen LogP contribution in [-0.4, -0.2) is 115 Å². The number of alkyl halides is 3. The van der Waals surface area contributed by atoms with E-state index in [-0.39, 0.29) is 28.9 Å². The van der Waals surface area contributed by atoms with Gasteiger partial charge in [-0.3, -0.25) is 9.69 Å². The molecule has 3 fully saturated rings. The van der Waals surface area contributed by atoms with Crippen LogP contribution < -0.4 is 10.6 Å². The molecule has 0 aliphatic carbocycles. The molecule has 1 atom stereocenters. The molecule has 0 saturated carbocycles. The number of nitrogens with zero attached hydrogens (tertiary/aromatic N) is 4. The number of carbonyl (C=O) groups is 3. The zero-order chi connectivity index (χ0) is 33.8. The zero-order valence-electron chi connectivity index (χ0n) is 26.8. The normalized spacial score (nSPS) is 20.9. The number of hydrogen-bond acceptors (Lipinski definition) is 6. The van der Waals surface area contributed by atoms with Crippen molar-refractivity contribution < 1.29 is 32.3 Å². The van der Waals surface area contributed by atoms with Crippen LogP contribution >= 0.6 is 15.9 Å². The van der Waals surface area contributed by atoms with Crippen molar-refractivity contribution in [3.63, 3.8) is 0 Å². The minimum absolute atomic E-state index is 0.0541. The fourth-order valence-corrected chi connectivity index (χ4v) is 7.94. The Morgan fingerprint density at radius 3 is 2.29 bits per heavy atom. The van der Waals surface area contributed by atoms with Crippen molar-refractivity contribution >= 4 is 39.6 Å². The predicted octanol–water partition coefficient (Wildman–Crippen LogP) is 4.97. The molecular formula is C34H42BrF3N6O4. The van der Waals surface area contributed by atoms with Crippen molar-refractivity contribution in [2.75, 3.05) is 64.2 Å². The summed E-state index contributed by atoms with van der Waals surface area (Å²) in [5.41, 5.74) is 1.53. The molecule has 4 aliphatic heterocycles. The molecular weight excluding hydrogens is 693 g/mol. The van der Waals surface area contributed by atoms with Gasteiger partial charge in [0.25, 0.3) is 5.91 Å². The summed E-state index contributed by atoms with van der Waals surface area (Å²) in [6, 6.07) is 11.6. The lowest BCUT2D eigenvalue weighted by molar-refractivity contribution is -0.143. The van der Waals surface area contributed by atoms with Gasteiger partial charge in [-0.05, 0) is 74.5 Å². The van der Waals surface area contributed by atoms with E-state index in [2.05, 4.69) is 31.5 Å². The Bertz CT molecular complexity index is 1470. The molecule has 2 aromatic carbocycles. The van der Waals surface area contributed by atoms with Crippen LogP contribution in [0.15, 0.2) is 46.9 Å². The molecule has 4 heterocycles. The van der Waals surface area contributed by atoms with Crippen molar-refractivity contribution in [1.29, 1.82) is 0 Å². The van der Waals surface area contributed by atoms with E-state index >= 15 is 0 Å². The molecule has 10 nitrogen and oxygen atoms in total. The maximum atomic E-state index is 13.9. The van der Waals surface area contributed by atoms with Gasteiger partial charge in [0.05, 0.1) is 5.56 Å². The zero-order valence-corrected chi connectivity index (χ0v) is 28.4. The van der Waals surface area contributed by atoms with Crippen molar-refractivity contribution in [1.82, 2.24) is 24.9 Å². The van der Waals surface area contributed by atoms with E-state index in [0.717, 1.165) is 49.7 Å². The maximum absolute atomic E-state index is 13.9. The van der Waals surface area contributed by atoms with E-state index in [1.54, 1.807) is 9.80 Å². The van der Waals surface area contributed by atoms with Gasteiger partial charge in [0.2, 0.25) is 0 Å². The highest BCUT2D eigenvalue weighted by Gasteiger charge is 2.37. The highest BCUT2D eigenvalue weighted by atomic mass is 79.9. The number of nitrogens with one attached hydrogen (secondary N) is 2. The standard InChI is InChI=1S/C34H42BrF3N6O4/c35-28-21-23(5-6-27(28)34(36,37)38)22-30(31(45)42-19-17-41(18-20-42)25-7-12-39-13-8-25)48-33(47)43-14-10-26(11-15-43)44-16-9-24-3-1-2-4-29(24)40-32(44)46/h1-6,21,25-26,30,39H,7-20,22H2,(H,40,46). The second kappa shape index (κ2) is 15.0. The Kier molecular flexibility index (Phi) is 10.8. The highest BCUT2D eigenvalue weighted by molar-refractivity contribution is 9.10. The van der Waals surface area contributed by atoms with Gasteiger partial charge < -0.3 is 30.1 Å². The summed E-state index contributed by atoms with van der Waals surface area (Å²) in [7, 11) is 0. The van der Waals surface area contributed by atoms with E-state index in [9.17, 15) is 27.6 Å². The molecule has 0 bridgehead atoms. The van der Waals surface area contributed by atoms with Crippen molar-refractivity contribution in [3.8, 4) is 0 Å². The summed E-state index contributed by atoms with van der Waals surface area (Å²) < 4.78 is 46.0. The largest absolute Gasteiger partial charge is 0.436 e. The lowest BCUT2D eigenvalue weighted by atomic mass is 10.0. The molecule has 1 unspecified atom stereocenters. The quantitative estimate of drug-likeness (QED) is 0.436. The minimum Gasteiger partial charge on any atom is -0.436 e. The van der Waals surface area contributed by atoms with Crippen molar-refractivity contribution in [2.24, 2.45) is 0 Å². The first-order chi connectivity index (χ1) is 23.1. The Morgan fingerprint density at radius 2 is 1.60 bits per heavy atom. The second-order valence-corrected chi connectivity index (χ2v) is 13.8. The molecule has 2 N–H and O–H groups in total. The molecule has 3 saturated heterocycles. The van der Waals surface area contributed by atoms with Crippen molar-refractivity contribution in [2.45, 2.75) is 62.9 Å². The number of rotatable bonds is 6. The third-order valence-electron chi connectivity index (χ3n) is 10.0. The summed E-state index contributed by atoms with van der Waals surface area (Å²) in [5, 5.41) is 6.38. The fourth-order valence-electron chi connectivity index (χ4n) is 7.29. The lowest BCUT2D eigenvalue weighted by Gasteiger charge is -2.41. The SMILES string of the molecule is O=C(OC(Cc1ccc(C(F)(F)F)c(Br)c1)C(=O)N1CCN(C2CCNCC2)CC1)N1CCC(N2CCc3ccccc3NC2=O)CC1. The first-order valence-electron chi connectivity index (χ1n) is 16.8. The number of benzene rings is 2. The number of likely N-dealkylation sites (tertiary alicyclic amines) is 1. The Balaban J connectivity index is 1.10. The summed E-state index contributed by atoms with van der Waals surface area (Å²) in [6.45, 7) is 5.62. The predicted molar refractivity (Wildman–Crippen MR) is 178 cm³/mol. The molecule has 14 heteroatoms. The summed E-state index contributed by atoms with van der Waals surface area (Å²) in [5.74, 6) is -0.347. The smallest absolute Gasteiger partial charge is 0.417 e. The topological polar surface area (TPSA) is 97.5 Å². The van der Waals surface area contributed by atoms with Crippen LogP contribution in [0.5, 0.6) is 0 Å². The fraction of sp³-hybridized carbons (Fsp3) is 0.559. The van der Waals surface area contributed by atoms with E-state index in [4.69, 9.17) is 4.74 Å². The van der Waals surface area contributed by atoms with Crippen LogP contribution in [-0.2, 0) is 28.5 Å². The molecule has 4 amide bonds. The number of ether oxygens (including phenoxy) is 1. The third kappa shape index (κ3) is 8.08. The summed E-state index contributed by atoms with van der Waals surface area (Å²) in [4.78, 5) is 48.0. The number of amides is 4. The first kappa shape index (κ1) is 34.5. The van der Waals surface area contributed by atoms with Crippen LogP contribution in [0.3, 0.4) is 0 Å². The Morgan fingerprint density at radius 1 is 0.896 bits per heavy atom. The highest BCUT2D eigenvalue weighted by Crippen LogP contribution is 2.35. The van der Waals surface area contributed by atoms with Gasteiger partial charge in [0.15, 0.2) is 6.10 Å². The summed E-state index contributed by atoms with van der Waals surface area (Å²) in [6.07, 6.45) is -2.46. The van der Waals surface area contributed by atoms with Gasteiger partial charge >= 0.3 is 18.3 Å². The maximum Gasteiger partial charge on any atom is 0.417 e. The molecule has 0 radical (unpaired) electrons. The number of urea groups is 1. The van der Waals surface area contributed by atoms with Crippen LogP contribution in [0.25, 0.3) is 0 Å². The van der Waals surface area contributed by atoms with Crippen LogP contribution in [0.4, 0.5) is 28.4 Å². The minimum atomic E-state index is -4.53. The number of fused-ring (bicyclic) bond motifs is 1. The lowest BCUT2D eigenvalue weighted by Crippen LogP contribution is -2.56. The number of para-hydroxylation sites is 1. The van der Waals surface area contributed by atoms with Gasteiger partial charge in [-0.25, -0.2) is 9.59 Å². The third-order valence-corrected chi connectivity index (χ3v) is 10.7. The van der Waals surface area contributed by atoms with E-state index in [0.29, 0.717) is 70.3 Å². The molecule has 4 aliphatic rings. The number of piperidine rings is 2.